The molecule has 3 rings (SSSR count). The normalized spacial score (nSPS) is 10.6. The van der Waals surface area contributed by atoms with Crippen molar-refractivity contribution in [1.82, 2.24) is 9.97 Å². The first kappa shape index (κ1) is 14.0. The molecule has 0 fully saturated rings. The summed E-state index contributed by atoms with van der Waals surface area (Å²) in [5.74, 6) is 0. The average Bonchev–Trinajstić information content (AvgIpc) is 3.15. The van der Waals surface area contributed by atoms with Crippen molar-refractivity contribution in [3.63, 3.8) is 0 Å². The zero-order valence-corrected chi connectivity index (χ0v) is 13.5. The van der Waals surface area contributed by atoms with E-state index in [4.69, 9.17) is 0 Å². The van der Waals surface area contributed by atoms with E-state index in [1.165, 1.54) is 20.9 Å². The quantitative estimate of drug-likeness (QED) is 0.739. The summed E-state index contributed by atoms with van der Waals surface area (Å²) >= 11 is 3.32. The van der Waals surface area contributed by atoms with Crippen molar-refractivity contribution < 1.29 is 0 Å². The molecule has 0 saturated heterocycles. The first-order chi connectivity index (χ1) is 10.2. The Balaban J connectivity index is 1.66. The third-order valence-corrected chi connectivity index (χ3v) is 5.04. The third-order valence-electron chi connectivity index (χ3n) is 3.02. The van der Waals surface area contributed by atoms with E-state index in [2.05, 4.69) is 51.8 Å². The second-order valence-electron chi connectivity index (χ2n) is 4.63. The summed E-state index contributed by atoms with van der Waals surface area (Å²) in [6.45, 7) is 2.85. The summed E-state index contributed by atoms with van der Waals surface area (Å²) in [5.41, 5.74) is 2.48. The van der Waals surface area contributed by atoms with Crippen molar-refractivity contribution in [1.29, 1.82) is 0 Å². The van der Waals surface area contributed by atoms with Crippen LogP contribution in [0.25, 0.3) is 10.4 Å². The van der Waals surface area contributed by atoms with Crippen LogP contribution in [0.4, 0.5) is 10.3 Å². The van der Waals surface area contributed by atoms with Gasteiger partial charge in [0.15, 0.2) is 10.3 Å². The molecular formula is C15H16N4S2. The van der Waals surface area contributed by atoms with Crippen molar-refractivity contribution in [2.24, 2.45) is 0 Å². The largest absolute Gasteiger partial charge is 0.365 e. The summed E-state index contributed by atoms with van der Waals surface area (Å²) in [7, 11) is 1.88. The van der Waals surface area contributed by atoms with E-state index in [0.717, 1.165) is 16.8 Å². The Hall–Kier alpha value is -1.92. The van der Waals surface area contributed by atoms with Crippen molar-refractivity contribution in [3.8, 4) is 10.4 Å². The van der Waals surface area contributed by atoms with Crippen LogP contribution < -0.4 is 10.6 Å². The molecule has 0 saturated carbocycles. The molecule has 0 radical (unpaired) electrons. The molecule has 0 amide bonds. The average molecular weight is 316 g/mol. The van der Waals surface area contributed by atoms with E-state index >= 15 is 0 Å². The Morgan fingerprint density at radius 3 is 2.48 bits per heavy atom. The van der Waals surface area contributed by atoms with Crippen LogP contribution >= 0.6 is 22.7 Å². The van der Waals surface area contributed by atoms with E-state index in [1.54, 1.807) is 22.7 Å². The van der Waals surface area contributed by atoms with Gasteiger partial charge in [-0.1, -0.05) is 41.2 Å². The molecule has 6 heteroatoms. The van der Waals surface area contributed by atoms with Crippen LogP contribution in [0.5, 0.6) is 0 Å². The van der Waals surface area contributed by atoms with E-state index in [9.17, 15) is 0 Å². The maximum Gasteiger partial charge on any atom is 0.183 e. The Morgan fingerprint density at radius 2 is 1.76 bits per heavy atom. The molecule has 0 aliphatic carbocycles. The zero-order valence-electron chi connectivity index (χ0n) is 11.9. The van der Waals surface area contributed by atoms with Gasteiger partial charge in [-0.15, -0.1) is 11.3 Å². The third kappa shape index (κ3) is 3.40. The van der Waals surface area contributed by atoms with Gasteiger partial charge in [0.2, 0.25) is 0 Å². The number of anilines is 2. The van der Waals surface area contributed by atoms with Crippen molar-refractivity contribution >= 4 is 32.9 Å². The number of aromatic nitrogens is 2. The SMILES string of the molecule is CNc1ncc(CNc2ncc(-c3ccc(C)cc3)s2)s1. The Bertz CT molecular complexity index is 715. The van der Waals surface area contributed by atoms with Gasteiger partial charge >= 0.3 is 0 Å². The highest BCUT2D eigenvalue weighted by Crippen LogP contribution is 2.29. The first-order valence-electron chi connectivity index (χ1n) is 6.64. The Kier molecular flexibility index (Phi) is 4.17. The van der Waals surface area contributed by atoms with E-state index in [0.29, 0.717) is 0 Å². The zero-order chi connectivity index (χ0) is 14.7. The fraction of sp³-hybridized carbons (Fsp3) is 0.200. The molecule has 0 atom stereocenters. The van der Waals surface area contributed by atoms with Gasteiger partial charge in [0.1, 0.15) is 0 Å². The Morgan fingerprint density at radius 1 is 1.00 bits per heavy atom. The van der Waals surface area contributed by atoms with Crippen molar-refractivity contribution in [2.75, 3.05) is 17.7 Å². The van der Waals surface area contributed by atoms with Crippen molar-refractivity contribution in [2.45, 2.75) is 13.5 Å². The minimum atomic E-state index is 0.750. The molecule has 4 nitrogen and oxygen atoms in total. The van der Waals surface area contributed by atoms with Gasteiger partial charge in [-0.05, 0) is 12.5 Å². The molecule has 2 heterocycles. The second-order valence-corrected chi connectivity index (χ2v) is 6.78. The number of nitrogens with one attached hydrogen (secondary N) is 2. The number of hydrogen-bond acceptors (Lipinski definition) is 6. The van der Waals surface area contributed by atoms with E-state index < -0.39 is 0 Å². The molecule has 0 unspecified atom stereocenters. The first-order valence-corrected chi connectivity index (χ1v) is 8.27. The lowest BCUT2D eigenvalue weighted by Crippen LogP contribution is -1.95. The number of rotatable bonds is 5. The highest BCUT2D eigenvalue weighted by molar-refractivity contribution is 7.19. The highest BCUT2D eigenvalue weighted by Gasteiger charge is 2.05. The summed E-state index contributed by atoms with van der Waals surface area (Å²) in [5, 5.41) is 8.26. The number of hydrogen-bond donors (Lipinski definition) is 2. The molecule has 21 heavy (non-hydrogen) atoms. The molecular weight excluding hydrogens is 300 g/mol. The summed E-state index contributed by atoms with van der Waals surface area (Å²) in [6.07, 6.45) is 3.81. The summed E-state index contributed by atoms with van der Waals surface area (Å²) in [4.78, 5) is 11.1. The molecule has 1 aromatic carbocycles. The van der Waals surface area contributed by atoms with E-state index in [1.807, 2.05) is 19.4 Å². The van der Waals surface area contributed by atoms with Gasteiger partial charge < -0.3 is 10.6 Å². The maximum atomic E-state index is 4.43. The maximum absolute atomic E-state index is 4.43. The smallest absolute Gasteiger partial charge is 0.183 e. The molecule has 108 valence electrons. The lowest BCUT2D eigenvalue weighted by molar-refractivity contribution is 1.16. The molecule has 2 aromatic heterocycles. The van der Waals surface area contributed by atoms with E-state index in [-0.39, 0.29) is 0 Å². The number of thiazole rings is 2. The van der Waals surface area contributed by atoms with Gasteiger partial charge in [0.25, 0.3) is 0 Å². The molecule has 0 spiro atoms. The van der Waals surface area contributed by atoms with Gasteiger partial charge in [-0.3, -0.25) is 0 Å². The number of nitrogens with zero attached hydrogens (tertiary/aromatic N) is 2. The van der Waals surface area contributed by atoms with Gasteiger partial charge in [0.05, 0.1) is 11.4 Å². The van der Waals surface area contributed by atoms with Gasteiger partial charge in [-0.2, -0.15) is 0 Å². The highest BCUT2D eigenvalue weighted by atomic mass is 32.1. The lowest BCUT2D eigenvalue weighted by atomic mass is 10.1. The van der Waals surface area contributed by atoms with Gasteiger partial charge in [0, 0.05) is 24.3 Å². The van der Waals surface area contributed by atoms with Crippen LogP contribution in [0.3, 0.4) is 0 Å². The minimum absolute atomic E-state index is 0.750. The van der Waals surface area contributed by atoms with Crippen LogP contribution in [-0.4, -0.2) is 17.0 Å². The Labute approximate surface area is 131 Å². The standard InChI is InChI=1S/C15H16N4S2/c1-10-3-5-11(6-4-10)13-9-19-15(21-13)18-8-12-7-17-14(16-2)20-12/h3-7,9H,8H2,1-2H3,(H,16,17)(H,18,19). The van der Waals surface area contributed by atoms with Gasteiger partial charge in [-0.25, -0.2) is 9.97 Å². The van der Waals surface area contributed by atoms with Crippen LogP contribution in [0.15, 0.2) is 36.7 Å². The molecule has 3 aromatic rings. The summed E-state index contributed by atoms with van der Waals surface area (Å²) < 4.78 is 0. The van der Waals surface area contributed by atoms with Crippen LogP contribution in [0, 0.1) is 6.92 Å². The summed E-state index contributed by atoms with van der Waals surface area (Å²) in [6, 6.07) is 8.52. The predicted molar refractivity (Wildman–Crippen MR) is 91.3 cm³/mol. The fourth-order valence-electron chi connectivity index (χ4n) is 1.87. The lowest BCUT2D eigenvalue weighted by Gasteiger charge is -1.99. The number of aryl methyl sites for hydroxylation is 1. The van der Waals surface area contributed by atoms with Crippen molar-refractivity contribution in [3.05, 3.63) is 47.1 Å². The topological polar surface area (TPSA) is 49.8 Å². The van der Waals surface area contributed by atoms with Crippen LogP contribution in [0.2, 0.25) is 0 Å². The predicted octanol–water partition coefficient (Wildman–Crippen LogP) is 4.23. The monoisotopic (exact) mass is 316 g/mol. The molecule has 0 bridgehead atoms. The minimum Gasteiger partial charge on any atom is -0.365 e. The number of benzene rings is 1. The van der Waals surface area contributed by atoms with Crippen LogP contribution in [0.1, 0.15) is 10.4 Å². The molecule has 0 aliphatic heterocycles. The fourth-order valence-corrected chi connectivity index (χ4v) is 3.40. The van der Waals surface area contributed by atoms with Crippen LogP contribution in [-0.2, 0) is 6.54 Å². The molecule has 0 aliphatic rings. The second kappa shape index (κ2) is 6.24. The molecule has 2 N–H and O–H groups in total.